The molecular weight excluding hydrogens is 324 g/mol. The van der Waals surface area contributed by atoms with Crippen LogP contribution in [0.15, 0.2) is 48.5 Å². The van der Waals surface area contributed by atoms with E-state index in [4.69, 9.17) is 4.74 Å². The van der Waals surface area contributed by atoms with E-state index in [1.54, 1.807) is 0 Å². The summed E-state index contributed by atoms with van der Waals surface area (Å²) in [5, 5.41) is 3.13. The van der Waals surface area contributed by atoms with Crippen molar-refractivity contribution in [1.29, 1.82) is 0 Å². The molecule has 0 unspecified atom stereocenters. The summed E-state index contributed by atoms with van der Waals surface area (Å²) in [5.41, 5.74) is 3.99. The Bertz CT molecular complexity index is 764. The van der Waals surface area contributed by atoms with Crippen LogP contribution in [-0.2, 0) is 24.2 Å². The molecule has 0 aromatic heterocycles. The highest BCUT2D eigenvalue weighted by Gasteiger charge is 2.29. The third-order valence-corrected chi connectivity index (χ3v) is 5.60. The van der Waals surface area contributed by atoms with Crippen molar-refractivity contribution >= 4 is 5.91 Å². The largest absolute Gasteiger partial charge is 0.480 e. The minimum Gasteiger partial charge on any atom is -0.480 e. The maximum Gasteiger partial charge on any atom is 0.261 e. The van der Waals surface area contributed by atoms with Crippen LogP contribution in [0.25, 0.3) is 0 Å². The SMILES string of the molecule is CC[C@@H](CNC(=O)[C@@H]1Cc2ccccc2O1)N1CCc2ccccc2C1. The first-order valence-corrected chi connectivity index (χ1v) is 9.57. The lowest BCUT2D eigenvalue weighted by Crippen LogP contribution is -2.48. The lowest BCUT2D eigenvalue weighted by Gasteiger charge is -2.35. The average Bonchev–Trinajstić information content (AvgIpc) is 3.12. The van der Waals surface area contributed by atoms with Gasteiger partial charge in [-0.1, -0.05) is 49.4 Å². The number of nitrogens with zero attached hydrogens (tertiary/aromatic N) is 1. The summed E-state index contributed by atoms with van der Waals surface area (Å²) in [6.07, 6.45) is 2.37. The Balaban J connectivity index is 1.33. The Morgan fingerprint density at radius 1 is 1.15 bits per heavy atom. The molecule has 0 saturated carbocycles. The molecule has 1 amide bonds. The zero-order chi connectivity index (χ0) is 17.9. The molecule has 0 saturated heterocycles. The highest BCUT2D eigenvalue weighted by atomic mass is 16.5. The number of ether oxygens (including phenoxy) is 1. The molecule has 2 aliphatic heterocycles. The molecule has 0 fully saturated rings. The van der Waals surface area contributed by atoms with Gasteiger partial charge in [-0.3, -0.25) is 9.69 Å². The van der Waals surface area contributed by atoms with Crippen LogP contribution in [0, 0.1) is 0 Å². The number of para-hydroxylation sites is 1. The number of hydrogen-bond acceptors (Lipinski definition) is 3. The van der Waals surface area contributed by atoms with Crippen molar-refractivity contribution in [3.05, 3.63) is 65.2 Å². The van der Waals surface area contributed by atoms with Crippen LogP contribution in [0.2, 0.25) is 0 Å². The van der Waals surface area contributed by atoms with Gasteiger partial charge in [0.05, 0.1) is 0 Å². The predicted molar refractivity (Wildman–Crippen MR) is 102 cm³/mol. The van der Waals surface area contributed by atoms with E-state index in [1.165, 1.54) is 11.1 Å². The smallest absolute Gasteiger partial charge is 0.261 e. The number of amides is 1. The average molecular weight is 350 g/mol. The Morgan fingerprint density at radius 2 is 1.88 bits per heavy atom. The molecule has 2 atom stereocenters. The number of benzene rings is 2. The van der Waals surface area contributed by atoms with E-state index in [1.807, 2.05) is 24.3 Å². The molecule has 26 heavy (non-hydrogen) atoms. The van der Waals surface area contributed by atoms with Crippen LogP contribution >= 0.6 is 0 Å². The Morgan fingerprint density at radius 3 is 2.65 bits per heavy atom. The Kier molecular flexibility index (Phi) is 4.93. The van der Waals surface area contributed by atoms with Crippen molar-refractivity contribution in [3.63, 3.8) is 0 Å². The lowest BCUT2D eigenvalue weighted by atomic mass is 9.98. The van der Waals surface area contributed by atoms with E-state index in [-0.39, 0.29) is 5.91 Å². The number of rotatable bonds is 5. The van der Waals surface area contributed by atoms with E-state index in [0.717, 1.165) is 37.2 Å². The number of carbonyl (C=O) groups excluding carboxylic acids is 1. The molecule has 4 rings (SSSR count). The number of hydrogen-bond donors (Lipinski definition) is 1. The normalized spacial score (nSPS) is 20.0. The molecule has 0 spiro atoms. The summed E-state index contributed by atoms with van der Waals surface area (Å²) >= 11 is 0. The molecule has 0 aliphatic carbocycles. The zero-order valence-electron chi connectivity index (χ0n) is 15.3. The molecule has 2 aromatic rings. The van der Waals surface area contributed by atoms with Gasteiger partial charge in [0, 0.05) is 32.1 Å². The fourth-order valence-corrected chi connectivity index (χ4v) is 4.02. The fraction of sp³-hybridized carbons (Fsp3) is 0.409. The quantitative estimate of drug-likeness (QED) is 0.901. The summed E-state index contributed by atoms with van der Waals surface area (Å²) in [4.78, 5) is 15.1. The summed E-state index contributed by atoms with van der Waals surface area (Å²) < 4.78 is 5.80. The molecule has 2 aromatic carbocycles. The van der Waals surface area contributed by atoms with E-state index in [2.05, 4.69) is 41.4 Å². The first kappa shape index (κ1) is 17.1. The fourth-order valence-electron chi connectivity index (χ4n) is 4.02. The van der Waals surface area contributed by atoms with Gasteiger partial charge in [-0.05, 0) is 35.6 Å². The molecule has 0 radical (unpaired) electrons. The molecule has 2 aliphatic rings. The molecular formula is C22H26N2O2. The highest BCUT2D eigenvalue weighted by molar-refractivity contribution is 5.82. The topological polar surface area (TPSA) is 41.6 Å². The second kappa shape index (κ2) is 7.50. The van der Waals surface area contributed by atoms with Gasteiger partial charge in [0.1, 0.15) is 5.75 Å². The number of carbonyl (C=O) groups is 1. The van der Waals surface area contributed by atoms with Crippen LogP contribution in [0.5, 0.6) is 5.75 Å². The second-order valence-corrected chi connectivity index (χ2v) is 7.21. The van der Waals surface area contributed by atoms with Gasteiger partial charge in [-0.15, -0.1) is 0 Å². The van der Waals surface area contributed by atoms with Crippen molar-refractivity contribution in [3.8, 4) is 5.75 Å². The Labute approximate surface area is 155 Å². The molecule has 0 bridgehead atoms. The van der Waals surface area contributed by atoms with Crippen LogP contribution in [0.3, 0.4) is 0 Å². The second-order valence-electron chi connectivity index (χ2n) is 7.21. The maximum atomic E-state index is 12.6. The number of nitrogens with one attached hydrogen (secondary N) is 1. The third-order valence-electron chi connectivity index (χ3n) is 5.60. The van der Waals surface area contributed by atoms with Crippen LogP contribution < -0.4 is 10.1 Å². The first-order chi connectivity index (χ1) is 12.7. The van der Waals surface area contributed by atoms with Crippen molar-refractivity contribution in [2.24, 2.45) is 0 Å². The van der Waals surface area contributed by atoms with Crippen LogP contribution in [-0.4, -0.2) is 36.0 Å². The van der Waals surface area contributed by atoms with E-state index in [0.29, 0.717) is 19.0 Å². The van der Waals surface area contributed by atoms with Crippen LogP contribution in [0.1, 0.15) is 30.0 Å². The van der Waals surface area contributed by atoms with E-state index >= 15 is 0 Å². The van der Waals surface area contributed by atoms with Gasteiger partial charge in [-0.2, -0.15) is 0 Å². The number of fused-ring (bicyclic) bond motifs is 2. The first-order valence-electron chi connectivity index (χ1n) is 9.57. The van der Waals surface area contributed by atoms with E-state index in [9.17, 15) is 4.79 Å². The van der Waals surface area contributed by atoms with E-state index < -0.39 is 6.10 Å². The predicted octanol–water partition coefficient (Wildman–Crippen LogP) is 2.94. The monoisotopic (exact) mass is 350 g/mol. The summed E-state index contributed by atoms with van der Waals surface area (Å²) in [6, 6.07) is 16.9. The molecule has 2 heterocycles. The molecule has 136 valence electrons. The summed E-state index contributed by atoms with van der Waals surface area (Å²) in [6.45, 7) is 4.89. The minimum atomic E-state index is -0.396. The van der Waals surface area contributed by atoms with Crippen molar-refractivity contribution in [1.82, 2.24) is 10.2 Å². The standard InChI is InChI=1S/C22H26N2O2/c1-2-19(24-12-11-16-7-3-4-9-18(16)15-24)14-23-22(25)21-13-17-8-5-6-10-20(17)26-21/h3-10,19,21H,2,11-15H2,1H3,(H,23,25)/t19-,21-/m0/s1. The summed E-state index contributed by atoms with van der Waals surface area (Å²) in [5.74, 6) is 0.837. The van der Waals surface area contributed by atoms with Crippen molar-refractivity contribution < 1.29 is 9.53 Å². The third kappa shape index (κ3) is 3.47. The van der Waals surface area contributed by atoms with Crippen molar-refractivity contribution in [2.45, 2.75) is 44.9 Å². The Hall–Kier alpha value is -2.33. The maximum absolute atomic E-state index is 12.6. The molecule has 4 nitrogen and oxygen atoms in total. The molecule has 1 N–H and O–H groups in total. The van der Waals surface area contributed by atoms with Gasteiger partial charge in [0.25, 0.3) is 5.91 Å². The van der Waals surface area contributed by atoms with Gasteiger partial charge < -0.3 is 10.1 Å². The minimum absolute atomic E-state index is 0.00272. The van der Waals surface area contributed by atoms with Gasteiger partial charge >= 0.3 is 0 Å². The van der Waals surface area contributed by atoms with Gasteiger partial charge in [0.2, 0.25) is 0 Å². The van der Waals surface area contributed by atoms with Crippen molar-refractivity contribution in [2.75, 3.05) is 13.1 Å². The lowest BCUT2D eigenvalue weighted by molar-refractivity contribution is -0.127. The molecule has 4 heteroatoms. The van der Waals surface area contributed by atoms with Gasteiger partial charge in [-0.25, -0.2) is 0 Å². The summed E-state index contributed by atoms with van der Waals surface area (Å²) in [7, 11) is 0. The van der Waals surface area contributed by atoms with Gasteiger partial charge in [0.15, 0.2) is 6.10 Å². The van der Waals surface area contributed by atoms with Crippen LogP contribution in [0.4, 0.5) is 0 Å². The zero-order valence-corrected chi connectivity index (χ0v) is 15.3. The highest BCUT2D eigenvalue weighted by Crippen LogP contribution is 2.28.